The minimum absolute atomic E-state index is 0.169. The Morgan fingerprint density at radius 1 is 1.38 bits per heavy atom. The molecular weight excluding hydrogens is 228 g/mol. The van der Waals surface area contributed by atoms with E-state index in [1.54, 1.807) is 4.90 Å². The van der Waals surface area contributed by atoms with Gasteiger partial charge in [-0.1, -0.05) is 19.8 Å². The van der Waals surface area contributed by atoms with Crippen molar-refractivity contribution in [3.8, 4) is 0 Å². The van der Waals surface area contributed by atoms with E-state index >= 15 is 0 Å². The molecule has 0 aromatic carbocycles. The number of carbonyl (C=O) groups excluding carboxylic acids is 2. The molecule has 1 rings (SSSR count). The molecule has 3 amide bonds. The average Bonchev–Trinajstić information content (AvgIpc) is 2.30. The molecule has 0 radical (unpaired) electrons. The number of alkyl halides is 1. The Morgan fingerprint density at radius 3 is 2.50 bits per heavy atom. The number of hydrogen-bond donors (Lipinski definition) is 1. The average molecular weight is 247 g/mol. The lowest BCUT2D eigenvalue weighted by molar-refractivity contribution is -0.117. The Labute approximate surface area is 101 Å². The summed E-state index contributed by atoms with van der Waals surface area (Å²) in [6.07, 6.45) is 4.50. The highest BCUT2D eigenvalue weighted by atomic mass is 35.5. The largest absolute Gasteiger partial charge is 0.324 e. The van der Waals surface area contributed by atoms with Gasteiger partial charge in [-0.2, -0.15) is 0 Å². The van der Waals surface area contributed by atoms with E-state index in [0.29, 0.717) is 0 Å². The van der Waals surface area contributed by atoms with Crippen molar-refractivity contribution in [2.45, 2.75) is 32.6 Å². The molecule has 1 aliphatic heterocycles. The summed E-state index contributed by atoms with van der Waals surface area (Å²) in [4.78, 5) is 24.2. The molecule has 16 heavy (non-hydrogen) atoms. The van der Waals surface area contributed by atoms with Crippen LogP contribution in [0.25, 0.3) is 0 Å². The molecule has 1 heterocycles. The fourth-order valence-corrected chi connectivity index (χ4v) is 2.13. The minimum Gasteiger partial charge on any atom is -0.324 e. The van der Waals surface area contributed by atoms with Gasteiger partial charge in [-0.25, -0.2) is 4.79 Å². The van der Waals surface area contributed by atoms with Gasteiger partial charge in [0.05, 0.1) is 0 Å². The van der Waals surface area contributed by atoms with Crippen LogP contribution in [0.4, 0.5) is 4.79 Å². The van der Waals surface area contributed by atoms with E-state index < -0.39 is 5.91 Å². The van der Waals surface area contributed by atoms with Crippen molar-refractivity contribution in [2.24, 2.45) is 5.92 Å². The number of hydrogen-bond acceptors (Lipinski definition) is 2. The lowest BCUT2D eigenvalue weighted by Gasteiger charge is -2.31. The second kappa shape index (κ2) is 6.74. The first-order valence-corrected chi connectivity index (χ1v) is 6.35. The van der Waals surface area contributed by atoms with Crippen LogP contribution >= 0.6 is 11.6 Å². The Morgan fingerprint density at radius 2 is 2.00 bits per heavy atom. The number of nitrogens with one attached hydrogen (secondary N) is 1. The van der Waals surface area contributed by atoms with Crippen molar-refractivity contribution in [2.75, 3.05) is 19.0 Å². The van der Waals surface area contributed by atoms with Crippen molar-refractivity contribution < 1.29 is 9.59 Å². The predicted molar refractivity (Wildman–Crippen MR) is 63.5 cm³/mol. The minimum atomic E-state index is -0.428. The van der Waals surface area contributed by atoms with E-state index in [9.17, 15) is 9.59 Å². The zero-order valence-electron chi connectivity index (χ0n) is 9.67. The first-order valence-electron chi connectivity index (χ1n) is 5.82. The van der Waals surface area contributed by atoms with Gasteiger partial charge in [0.2, 0.25) is 5.91 Å². The maximum atomic E-state index is 11.6. The van der Waals surface area contributed by atoms with Crippen LogP contribution in [0, 0.1) is 5.92 Å². The maximum absolute atomic E-state index is 11.6. The number of piperidine rings is 1. The molecule has 0 aliphatic carbocycles. The second-order valence-electron chi connectivity index (χ2n) is 4.21. The van der Waals surface area contributed by atoms with Gasteiger partial charge in [0.1, 0.15) is 5.88 Å². The van der Waals surface area contributed by atoms with Crippen LogP contribution < -0.4 is 5.32 Å². The van der Waals surface area contributed by atoms with E-state index in [0.717, 1.165) is 31.8 Å². The lowest BCUT2D eigenvalue weighted by atomic mass is 9.93. The Kier molecular flexibility index (Phi) is 5.60. The van der Waals surface area contributed by atoms with Crippen molar-refractivity contribution in [3.63, 3.8) is 0 Å². The van der Waals surface area contributed by atoms with Crippen LogP contribution in [0.15, 0.2) is 0 Å². The summed E-state index contributed by atoms with van der Waals surface area (Å²) in [5, 5.41) is 2.26. The molecule has 1 fully saturated rings. The van der Waals surface area contributed by atoms with Crippen LogP contribution in [0.2, 0.25) is 0 Å². The Balaban J connectivity index is 2.30. The van der Waals surface area contributed by atoms with Crippen LogP contribution in [-0.2, 0) is 4.79 Å². The molecule has 4 nitrogen and oxygen atoms in total. The van der Waals surface area contributed by atoms with E-state index in [1.807, 2.05) is 0 Å². The third-order valence-corrected chi connectivity index (χ3v) is 3.21. The van der Waals surface area contributed by atoms with Crippen LogP contribution in [0.1, 0.15) is 32.6 Å². The molecule has 0 aromatic rings. The normalized spacial score (nSPS) is 17.2. The monoisotopic (exact) mass is 246 g/mol. The molecule has 5 heteroatoms. The molecule has 92 valence electrons. The SMILES string of the molecule is CCCC1CCN(C(=O)NC(=O)CCl)CC1. The number of imide groups is 1. The summed E-state index contributed by atoms with van der Waals surface area (Å²) >= 11 is 5.32. The number of likely N-dealkylation sites (tertiary alicyclic amines) is 1. The second-order valence-corrected chi connectivity index (χ2v) is 4.47. The quantitative estimate of drug-likeness (QED) is 0.774. The molecule has 0 bridgehead atoms. The number of urea groups is 1. The predicted octanol–water partition coefficient (Wildman–Crippen LogP) is 1.97. The Bertz CT molecular complexity index is 250. The highest BCUT2D eigenvalue weighted by Gasteiger charge is 2.22. The number of halogens is 1. The molecule has 0 aromatic heterocycles. The maximum Gasteiger partial charge on any atom is 0.324 e. The number of rotatable bonds is 3. The van der Waals surface area contributed by atoms with Crippen molar-refractivity contribution in [1.29, 1.82) is 0 Å². The Hall–Kier alpha value is -0.770. The van der Waals surface area contributed by atoms with Crippen LogP contribution in [0.5, 0.6) is 0 Å². The summed E-state index contributed by atoms with van der Waals surface area (Å²) < 4.78 is 0. The molecular formula is C11H19ClN2O2. The summed E-state index contributed by atoms with van der Waals surface area (Å²) in [5.74, 6) is 0.137. The fourth-order valence-electron chi connectivity index (χ4n) is 2.06. The van der Waals surface area contributed by atoms with Gasteiger partial charge in [0.25, 0.3) is 0 Å². The van der Waals surface area contributed by atoms with Gasteiger partial charge < -0.3 is 4.90 Å². The molecule has 1 saturated heterocycles. The summed E-state index contributed by atoms with van der Waals surface area (Å²) in [6.45, 7) is 3.66. The summed E-state index contributed by atoms with van der Waals surface area (Å²) in [5.41, 5.74) is 0. The molecule has 0 spiro atoms. The first kappa shape index (κ1) is 13.3. The van der Waals surface area contributed by atoms with E-state index in [-0.39, 0.29) is 11.9 Å². The van der Waals surface area contributed by atoms with Crippen LogP contribution in [0.3, 0.4) is 0 Å². The van der Waals surface area contributed by atoms with Gasteiger partial charge in [0, 0.05) is 13.1 Å². The van der Waals surface area contributed by atoms with Gasteiger partial charge >= 0.3 is 6.03 Å². The number of nitrogens with zero attached hydrogens (tertiary/aromatic N) is 1. The summed E-state index contributed by atoms with van der Waals surface area (Å²) in [6, 6.07) is -0.305. The van der Waals surface area contributed by atoms with Crippen LogP contribution in [-0.4, -0.2) is 35.8 Å². The third kappa shape index (κ3) is 4.00. The van der Waals surface area contributed by atoms with E-state index in [2.05, 4.69) is 12.2 Å². The molecule has 0 atom stereocenters. The first-order chi connectivity index (χ1) is 7.67. The zero-order chi connectivity index (χ0) is 12.0. The number of carbonyl (C=O) groups is 2. The summed E-state index contributed by atoms with van der Waals surface area (Å²) in [7, 11) is 0. The van der Waals surface area contributed by atoms with Gasteiger partial charge in [-0.05, 0) is 18.8 Å². The molecule has 0 saturated carbocycles. The van der Waals surface area contributed by atoms with Crippen molar-refractivity contribution in [1.82, 2.24) is 10.2 Å². The number of amides is 3. The van der Waals surface area contributed by atoms with E-state index in [4.69, 9.17) is 11.6 Å². The van der Waals surface area contributed by atoms with Gasteiger partial charge in [-0.3, -0.25) is 10.1 Å². The lowest BCUT2D eigenvalue weighted by Crippen LogP contribution is -2.46. The zero-order valence-corrected chi connectivity index (χ0v) is 10.4. The van der Waals surface area contributed by atoms with Gasteiger partial charge in [-0.15, -0.1) is 11.6 Å². The standard InChI is InChI=1S/C11H19ClN2O2/c1-2-3-9-4-6-14(7-5-9)11(16)13-10(15)8-12/h9H,2-8H2,1H3,(H,13,15,16). The molecule has 1 aliphatic rings. The van der Waals surface area contributed by atoms with Crippen molar-refractivity contribution >= 4 is 23.5 Å². The highest BCUT2D eigenvalue weighted by Crippen LogP contribution is 2.21. The van der Waals surface area contributed by atoms with Gasteiger partial charge in [0.15, 0.2) is 0 Å². The smallest absolute Gasteiger partial charge is 0.324 e. The third-order valence-electron chi connectivity index (χ3n) is 2.97. The molecule has 1 N–H and O–H groups in total. The highest BCUT2D eigenvalue weighted by molar-refractivity contribution is 6.28. The topological polar surface area (TPSA) is 49.4 Å². The molecule has 0 unspecified atom stereocenters. The fraction of sp³-hybridized carbons (Fsp3) is 0.818. The van der Waals surface area contributed by atoms with Crippen molar-refractivity contribution in [3.05, 3.63) is 0 Å². The van der Waals surface area contributed by atoms with E-state index in [1.165, 1.54) is 12.8 Å².